The quantitative estimate of drug-likeness (QED) is 0.682. The number of rotatable bonds is 3. The summed E-state index contributed by atoms with van der Waals surface area (Å²) in [7, 11) is 0. The van der Waals surface area contributed by atoms with Crippen molar-refractivity contribution < 1.29 is 4.79 Å². The lowest BCUT2D eigenvalue weighted by atomic mass is 9.94. The van der Waals surface area contributed by atoms with Crippen LogP contribution in [0.25, 0.3) is 0 Å². The van der Waals surface area contributed by atoms with Gasteiger partial charge in [0.1, 0.15) is 10.3 Å². The van der Waals surface area contributed by atoms with E-state index in [9.17, 15) is 4.79 Å². The first-order valence-corrected chi connectivity index (χ1v) is 6.67. The molecule has 5 heteroatoms. The molecule has 0 fully saturated rings. The summed E-state index contributed by atoms with van der Waals surface area (Å²) in [5, 5.41) is 3.36. The van der Waals surface area contributed by atoms with Crippen LogP contribution in [0.3, 0.4) is 0 Å². The predicted octanol–water partition coefficient (Wildman–Crippen LogP) is 3.47. The van der Waals surface area contributed by atoms with Crippen LogP contribution in [0.5, 0.6) is 0 Å². The fraction of sp³-hybridized carbons (Fsp3) is 0.385. The number of carbonyl (C=O) groups excluding carboxylic acids is 1. The Bertz CT molecular complexity index is 454. The number of halogens is 2. The molecule has 0 aromatic carbocycles. The average molecular weight is 285 g/mol. The van der Waals surface area contributed by atoms with Crippen molar-refractivity contribution in [3.63, 3.8) is 0 Å². The zero-order valence-electron chi connectivity index (χ0n) is 9.83. The molecule has 1 aromatic heterocycles. The number of nitrogens with zero attached hydrogens (tertiary/aromatic N) is 1. The molecule has 1 atom stereocenters. The van der Waals surface area contributed by atoms with Crippen LogP contribution in [0.4, 0.5) is 0 Å². The third-order valence-electron chi connectivity index (χ3n) is 2.95. The number of amides is 1. The maximum atomic E-state index is 11.9. The van der Waals surface area contributed by atoms with Crippen LogP contribution in [0.2, 0.25) is 10.3 Å². The van der Waals surface area contributed by atoms with Crippen molar-refractivity contribution in [3.8, 4) is 0 Å². The Kier molecular flexibility index (Phi) is 4.61. The van der Waals surface area contributed by atoms with Crippen molar-refractivity contribution in [1.82, 2.24) is 10.3 Å². The summed E-state index contributed by atoms with van der Waals surface area (Å²) in [4.78, 5) is 15.7. The third-order valence-corrected chi connectivity index (χ3v) is 3.34. The summed E-state index contributed by atoms with van der Waals surface area (Å²) in [6.45, 7) is 0.681. The zero-order valence-corrected chi connectivity index (χ0v) is 11.3. The fourth-order valence-corrected chi connectivity index (χ4v) is 2.44. The van der Waals surface area contributed by atoms with E-state index in [1.165, 1.54) is 12.1 Å². The second kappa shape index (κ2) is 6.21. The van der Waals surface area contributed by atoms with Gasteiger partial charge in [0.25, 0.3) is 5.91 Å². The molecule has 0 spiro atoms. The standard InChI is InChI=1S/C13H14Cl2N2O/c14-11-6-10(7-12(15)17-11)13(18)16-8-9-4-2-1-3-5-9/h1-2,6-7,9H,3-5,8H2,(H,16,18). The van der Waals surface area contributed by atoms with Gasteiger partial charge in [0, 0.05) is 12.1 Å². The number of nitrogens with one attached hydrogen (secondary N) is 1. The summed E-state index contributed by atoms with van der Waals surface area (Å²) in [6, 6.07) is 3.03. The number of carbonyl (C=O) groups is 1. The third kappa shape index (κ3) is 3.72. The Morgan fingerprint density at radius 3 is 2.67 bits per heavy atom. The lowest BCUT2D eigenvalue weighted by molar-refractivity contribution is 0.0946. The summed E-state index contributed by atoms with van der Waals surface area (Å²) in [5.41, 5.74) is 0.450. The molecule has 18 heavy (non-hydrogen) atoms. The maximum absolute atomic E-state index is 11.9. The van der Waals surface area contributed by atoms with Crippen molar-refractivity contribution in [2.45, 2.75) is 19.3 Å². The Hall–Kier alpha value is -1.06. The minimum atomic E-state index is -0.157. The molecule has 1 aromatic rings. The topological polar surface area (TPSA) is 42.0 Å². The molecular weight excluding hydrogens is 271 g/mol. The average Bonchev–Trinajstić information content (AvgIpc) is 2.36. The molecule has 0 saturated carbocycles. The number of hydrogen-bond acceptors (Lipinski definition) is 2. The first-order valence-electron chi connectivity index (χ1n) is 5.91. The number of aromatic nitrogens is 1. The Morgan fingerprint density at radius 1 is 1.33 bits per heavy atom. The van der Waals surface area contributed by atoms with Gasteiger partial charge in [-0.15, -0.1) is 0 Å². The minimum absolute atomic E-state index is 0.157. The van der Waals surface area contributed by atoms with Crippen molar-refractivity contribution in [1.29, 1.82) is 0 Å². The first kappa shape index (κ1) is 13.4. The summed E-state index contributed by atoms with van der Waals surface area (Å²) >= 11 is 11.5. The smallest absolute Gasteiger partial charge is 0.251 e. The molecule has 1 aliphatic rings. The molecule has 1 N–H and O–H groups in total. The summed E-state index contributed by atoms with van der Waals surface area (Å²) in [5.74, 6) is 0.363. The number of hydrogen-bond donors (Lipinski definition) is 1. The van der Waals surface area contributed by atoms with Crippen LogP contribution in [-0.4, -0.2) is 17.4 Å². The first-order chi connectivity index (χ1) is 8.65. The molecule has 0 bridgehead atoms. The van der Waals surface area contributed by atoms with E-state index in [-0.39, 0.29) is 16.2 Å². The van der Waals surface area contributed by atoms with Crippen LogP contribution in [0, 0.1) is 5.92 Å². The van der Waals surface area contributed by atoms with Gasteiger partial charge in [-0.1, -0.05) is 35.4 Å². The molecule has 2 rings (SSSR count). The second-order valence-electron chi connectivity index (χ2n) is 4.36. The number of allylic oxidation sites excluding steroid dienone is 2. The number of pyridine rings is 1. The minimum Gasteiger partial charge on any atom is -0.352 e. The van der Waals surface area contributed by atoms with Gasteiger partial charge in [-0.05, 0) is 37.3 Å². The SMILES string of the molecule is O=C(NCC1CC=CCC1)c1cc(Cl)nc(Cl)c1. The molecule has 1 aliphatic carbocycles. The van der Waals surface area contributed by atoms with E-state index in [0.29, 0.717) is 18.0 Å². The van der Waals surface area contributed by atoms with E-state index in [1.54, 1.807) is 0 Å². The highest BCUT2D eigenvalue weighted by Crippen LogP contribution is 2.18. The van der Waals surface area contributed by atoms with Crippen LogP contribution >= 0.6 is 23.2 Å². The highest BCUT2D eigenvalue weighted by Gasteiger charge is 2.13. The molecule has 1 unspecified atom stereocenters. The van der Waals surface area contributed by atoms with E-state index in [0.717, 1.165) is 19.3 Å². The van der Waals surface area contributed by atoms with E-state index >= 15 is 0 Å². The van der Waals surface area contributed by atoms with E-state index in [1.807, 2.05) is 0 Å². The Morgan fingerprint density at radius 2 is 2.06 bits per heavy atom. The second-order valence-corrected chi connectivity index (χ2v) is 5.14. The lowest BCUT2D eigenvalue weighted by Crippen LogP contribution is -2.29. The van der Waals surface area contributed by atoms with Crippen molar-refractivity contribution in [2.24, 2.45) is 5.92 Å². The van der Waals surface area contributed by atoms with E-state index in [2.05, 4.69) is 22.5 Å². The van der Waals surface area contributed by atoms with Crippen LogP contribution in [0.15, 0.2) is 24.3 Å². The van der Waals surface area contributed by atoms with Crippen molar-refractivity contribution >= 4 is 29.1 Å². The van der Waals surface area contributed by atoms with Gasteiger partial charge in [0.2, 0.25) is 0 Å². The van der Waals surface area contributed by atoms with Crippen LogP contribution in [0.1, 0.15) is 29.6 Å². The highest BCUT2D eigenvalue weighted by atomic mass is 35.5. The molecule has 96 valence electrons. The summed E-state index contributed by atoms with van der Waals surface area (Å²) < 4.78 is 0. The fourth-order valence-electron chi connectivity index (χ4n) is 1.98. The summed E-state index contributed by atoms with van der Waals surface area (Å²) in [6.07, 6.45) is 7.58. The maximum Gasteiger partial charge on any atom is 0.251 e. The van der Waals surface area contributed by atoms with Crippen LogP contribution in [-0.2, 0) is 0 Å². The monoisotopic (exact) mass is 284 g/mol. The van der Waals surface area contributed by atoms with Crippen molar-refractivity contribution in [2.75, 3.05) is 6.54 Å². The van der Waals surface area contributed by atoms with Gasteiger partial charge in [-0.2, -0.15) is 0 Å². The molecular formula is C13H14Cl2N2O. The molecule has 1 heterocycles. The predicted molar refractivity (Wildman–Crippen MR) is 73.1 cm³/mol. The normalized spacial score (nSPS) is 18.7. The molecule has 0 aliphatic heterocycles. The largest absolute Gasteiger partial charge is 0.352 e. The molecule has 0 saturated heterocycles. The van der Waals surface area contributed by atoms with Crippen LogP contribution < -0.4 is 5.32 Å². The molecule has 3 nitrogen and oxygen atoms in total. The van der Waals surface area contributed by atoms with Gasteiger partial charge in [0.05, 0.1) is 0 Å². The Balaban J connectivity index is 1.92. The van der Waals surface area contributed by atoms with Gasteiger partial charge < -0.3 is 5.32 Å². The molecule has 0 radical (unpaired) electrons. The Labute approximate surface area is 116 Å². The van der Waals surface area contributed by atoms with Gasteiger partial charge in [-0.3, -0.25) is 4.79 Å². The van der Waals surface area contributed by atoms with Gasteiger partial charge in [0.15, 0.2) is 0 Å². The van der Waals surface area contributed by atoms with Gasteiger partial charge in [-0.25, -0.2) is 4.98 Å². The highest BCUT2D eigenvalue weighted by molar-refractivity contribution is 6.33. The van der Waals surface area contributed by atoms with E-state index in [4.69, 9.17) is 23.2 Å². The zero-order chi connectivity index (χ0) is 13.0. The van der Waals surface area contributed by atoms with E-state index < -0.39 is 0 Å². The lowest BCUT2D eigenvalue weighted by Gasteiger charge is -2.18. The van der Waals surface area contributed by atoms with Gasteiger partial charge >= 0.3 is 0 Å². The van der Waals surface area contributed by atoms with Crippen molar-refractivity contribution in [3.05, 3.63) is 40.2 Å². The molecule has 1 amide bonds.